The standard InChI is InChI=1S/C16H24ClN3O/c1-4-18-15-14(17)8-12(9-19-15)16(21)20-13-6-10(2)5-11(3)7-13/h8-11,13H,4-7H2,1-3H3,(H,18,19)(H,20,21). The maximum Gasteiger partial charge on any atom is 0.253 e. The van der Waals surface area contributed by atoms with Gasteiger partial charge in [-0.1, -0.05) is 25.4 Å². The minimum absolute atomic E-state index is 0.0845. The average Bonchev–Trinajstić information content (AvgIpc) is 2.40. The van der Waals surface area contributed by atoms with E-state index in [0.29, 0.717) is 28.2 Å². The number of aromatic nitrogens is 1. The largest absolute Gasteiger partial charge is 0.369 e. The predicted molar refractivity (Wildman–Crippen MR) is 86.8 cm³/mol. The Morgan fingerprint density at radius 1 is 1.33 bits per heavy atom. The van der Waals surface area contributed by atoms with Gasteiger partial charge < -0.3 is 10.6 Å². The Kier molecular flexibility index (Phi) is 5.45. The van der Waals surface area contributed by atoms with Crippen LogP contribution in [0.15, 0.2) is 12.3 Å². The molecular weight excluding hydrogens is 286 g/mol. The van der Waals surface area contributed by atoms with E-state index in [1.807, 2.05) is 6.92 Å². The zero-order chi connectivity index (χ0) is 15.4. The van der Waals surface area contributed by atoms with Crippen molar-refractivity contribution in [1.29, 1.82) is 0 Å². The zero-order valence-electron chi connectivity index (χ0n) is 12.9. The molecule has 0 radical (unpaired) electrons. The molecule has 2 N–H and O–H groups in total. The van der Waals surface area contributed by atoms with Crippen LogP contribution in [0.3, 0.4) is 0 Å². The first-order valence-corrected chi connectivity index (χ1v) is 8.07. The Labute approximate surface area is 131 Å². The van der Waals surface area contributed by atoms with Gasteiger partial charge in [0.25, 0.3) is 5.91 Å². The number of pyridine rings is 1. The third-order valence-electron chi connectivity index (χ3n) is 3.96. The number of hydrogen-bond donors (Lipinski definition) is 2. The molecule has 1 heterocycles. The predicted octanol–water partition coefficient (Wildman–Crippen LogP) is 3.72. The fraction of sp³-hybridized carbons (Fsp3) is 0.625. The third kappa shape index (κ3) is 4.34. The number of carbonyl (C=O) groups is 1. The highest BCUT2D eigenvalue weighted by atomic mass is 35.5. The lowest BCUT2D eigenvalue weighted by Gasteiger charge is -2.31. The van der Waals surface area contributed by atoms with E-state index >= 15 is 0 Å². The molecule has 1 aromatic rings. The second kappa shape index (κ2) is 7.12. The SMILES string of the molecule is CCNc1ncc(C(=O)NC2CC(C)CC(C)C2)cc1Cl. The van der Waals surface area contributed by atoms with Gasteiger partial charge in [0.1, 0.15) is 5.82 Å². The van der Waals surface area contributed by atoms with Crippen LogP contribution in [-0.2, 0) is 0 Å². The fourth-order valence-corrected chi connectivity index (χ4v) is 3.43. The van der Waals surface area contributed by atoms with E-state index in [-0.39, 0.29) is 11.9 Å². The van der Waals surface area contributed by atoms with Crippen molar-refractivity contribution in [3.8, 4) is 0 Å². The van der Waals surface area contributed by atoms with Gasteiger partial charge in [-0.15, -0.1) is 0 Å². The van der Waals surface area contributed by atoms with Crippen molar-refractivity contribution in [3.63, 3.8) is 0 Å². The quantitative estimate of drug-likeness (QED) is 0.891. The minimum Gasteiger partial charge on any atom is -0.369 e. The Bertz CT molecular complexity index is 496. The summed E-state index contributed by atoms with van der Waals surface area (Å²) in [6.45, 7) is 7.22. The number of anilines is 1. The van der Waals surface area contributed by atoms with Gasteiger partial charge in [0, 0.05) is 18.8 Å². The van der Waals surface area contributed by atoms with E-state index in [1.165, 1.54) is 6.42 Å². The monoisotopic (exact) mass is 309 g/mol. The van der Waals surface area contributed by atoms with Crippen molar-refractivity contribution >= 4 is 23.3 Å². The average molecular weight is 310 g/mol. The second-order valence-corrected chi connectivity index (χ2v) is 6.58. The van der Waals surface area contributed by atoms with Gasteiger partial charge in [0.2, 0.25) is 0 Å². The van der Waals surface area contributed by atoms with Crippen LogP contribution in [0.2, 0.25) is 5.02 Å². The van der Waals surface area contributed by atoms with Crippen LogP contribution >= 0.6 is 11.6 Å². The molecule has 1 amide bonds. The lowest BCUT2D eigenvalue weighted by molar-refractivity contribution is 0.0911. The Morgan fingerprint density at radius 3 is 2.57 bits per heavy atom. The topological polar surface area (TPSA) is 54.0 Å². The summed E-state index contributed by atoms with van der Waals surface area (Å²) in [4.78, 5) is 16.5. The number of hydrogen-bond acceptors (Lipinski definition) is 3. The van der Waals surface area contributed by atoms with Crippen molar-refractivity contribution in [2.75, 3.05) is 11.9 Å². The molecule has 21 heavy (non-hydrogen) atoms. The van der Waals surface area contributed by atoms with Gasteiger partial charge in [-0.05, 0) is 44.1 Å². The Morgan fingerprint density at radius 2 is 2.00 bits per heavy atom. The summed E-state index contributed by atoms with van der Waals surface area (Å²) in [6.07, 6.45) is 4.92. The van der Waals surface area contributed by atoms with E-state index in [9.17, 15) is 4.79 Å². The van der Waals surface area contributed by atoms with Gasteiger partial charge in [0.15, 0.2) is 0 Å². The molecule has 0 saturated heterocycles. The number of nitrogens with zero attached hydrogens (tertiary/aromatic N) is 1. The van der Waals surface area contributed by atoms with Crippen LogP contribution < -0.4 is 10.6 Å². The highest BCUT2D eigenvalue weighted by Gasteiger charge is 2.25. The van der Waals surface area contributed by atoms with Crippen molar-refractivity contribution in [2.24, 2.45) is 11.8 Å². The van der Waals surface area contributed by atoms with Gasteiger partial charge in [-0.3, -0.25) is 4.79 Å². The normalized spacial score (nSPS) is 25.4. The molecule has 1 fully saturated rings. The summed E-state index contributed by atoms with van der Waals surface area (Å²) in [6, 6.07) is 1.93. The molecule has 1 aliphatic rings. The van der Waals surface area contributed by atoms with Gasteiger partial charge in [-0.2, -0.15) is 0 Å². The van der Waals surface area contributed by atoms with E-state index in [4.69, 9.17) is 11.6 Å². The van der Waals surface area contributed by atoms with Gasteiger partial charge in [-0.25, -0.2) is 4.98 Å². The van der Waals surface area contributed by atoms with Crippen LogP contribution in [0.25, 0.3) is 0 Å². The molecule has 5 heteroatoms. The molecule has 0 bridgehead atoms. The summed E-state index contributed by atoms with van der Waals surface area (Å²) >= 11 is 6.14. The highest BCUT2D eigenvalue weighted by molar-refractivity contribution is 6.33. The number of rotatable bonds is 4. The number of amides is 1. The molecular formula is C16H24ClN3O. The number of halogens is 1. The van der Waals surface area contributed by atoms with E-state index in [1.54, 1.807) is 12.3 Å². The third-order valence-corrected chi connectivity index (χ3v) is 4.25. The molecule has 1 aromatic heterocycles. The molecule has 4 nitrogen and oxygen atoms in total. The van der Waals surface area contributed by atoms with E-state index in [2.05, 4.69) is 29.5 Å². The first-order valence-electron chi connectivity index (χ1n) is 7.69. The highest BCUT2D eigenvalue weighted by Crippen LogP contribution is 2.28. The van der Waals surface area contributed by atoms with Crippen molar-refractivity contribution < 1.29 is 4.79 Å². The fourth-order valence-electron chi connectivity index (χ4n) is 3.19. The maximum absolute atomic E-state index is 12.3. The molecule has 116 valence electrons. The molecule has 0 spiro atoms. The van der Waals surface area contributed by atoms with E-state index < -0.39 is 0 Å². The molecule has 0 aromatic carbocycles. The van der Waals surface area contributed by atoms with Crippen molar-refractivity contribution in [3.05, 3.63) is 22.8 Å². The van der Waals surface area contributed by atoms with Gasteiger partial charge >= 0.3 is 0 Å². The first kappa shape index (κ1) is 16.1. The molecule has 2 rings (SSSR count). The van der Waals surface area contributed by atoms with Gasteiger partial charge in [0.05, 0.1) is 10.6 Å². The summed E-state index contributed by atoms with van der Waals surface area (Å²) in [5, 5.41) is 6.66. The summed E-state index contributed by atoms with van der Waals surface area (Å²) in [5.74, 6) is 1.86. The van der Waals surface area contributed by atoms with Crippen LogP contribution in [0.1, 0.15) is 50.4 Å². The lowest BCUT2D eigenvalue weighted by Crippen LogP contribution is -2.40. The van der Waals surface area contributed by atoms with Crippen LogP contribution in [-0.4, -0.2) is 23.5 Å². The number of carbonyl (C=O) groups excluding carboxylic acids is 1. The van der Waals surface area contributed by atoms with Crippen LogP contribution in [0.4, 0.5) is 5.82 Å². The second-order valence-electron chi connectivity index (χ2n) is 6.17. The number of nitrogens with one attached hydrogen (secondary N) is 2. The molecule has 0 aliphatic heterocycles. The Balaban J connectivity index is 2.01. The molecule has 2 atom stereocenters. The Hall–Kier alpha value is -1.29. The minimum atomic E-state index is -0.0845. The smallest absolute Gasteiger partial charge is 0.253 e. The molecule has 2 unspecified atom stereocenters. The van der Waals surface area contributed by atoms with Crippen molar-refractivity contribution in [1.82, 2.24) is 10.3 Å². The maximum atomic E-state index is 12.3. The summed E-state index contributed by atoms with van der Waals surface area (Å²) < 4.78 is 0. The lowest BCUT2D eigenvalue weighted by atomic mass is 9.80. The van der Waals surface area contributed by atoms with E-state index in [0.717, 1.165) is 19.4 Å². The summed E-state index contributed by atoms with van der Waals surface area (Å²) in [5.41, 5.74) is 0.521. The molecule has 1 saturated carbocycles. The zero-order valence-corrected chi connectivity index (χ0v) is 13.7. The first-order chi connectivity index (χ1) is 9.99. The van der Waals surface area contributed by atoms with Crippen molar-refractivity contribution in [2.45, 2.75) is 46.1 Å². The van der Waals surface area contributed by atoms with Crippen LogP contribution in [0.5, 0.6) is 0 Å². The summed E-state index contributed by atoms with van der Waals surface area (Å²) in [7, 11) is 0. The van der Waals surface area contributed by atoms with Crippen LogP contribution in [0, 0.1) is 11.8 Å². The molecule has 1 aliphatic carbocycles.